The van der Waals surface area contributed by atoms with Crippen molar-refractivity contribution in [3.8, 4) is 17.2 Å². The number of benzene rings is 2. The smallest absolute Gasteiger partial charge is 0.412 e. The zero-order valence-electron chi connectivity index (χ0n) is 18.3. The Morgan fingerprint density at radius 3 is 2.45 bits per heavy atom. The fraction of sp³-hybridized carbons (Fsp3) is 0.292. The lowest BCUT2D eigenvalue weighted by Gasteiger charge is -2.19. The molecule has 0 saturated heterocycles. The first-order valence-corrected chi connectivity index (χ1v) is 10.3. The molecule has 0 bridgehead atoms. The molecule has 3 aromatic rings. The van der Waals surface area contributed by atoms with Gasteiger partial charge in [-0.25, -0.2) is 4.79 Å². The van der Waals surface area contributed by atoms with Crippen LogP contribution in [0.2, 0.25) is 5.02 Å². The van der Waals surface area contributed by atoms with Gasteiger partial charge in [0, 0.05) is 16.9 Å². The number of aryl methyl sites for hydroxylation is 1. The van der Waals surface area contributed by atoms with Crippen LogP contribution >= 0.6 is 11.6 Å². The summed E-state index contributed by atoms with van der Waals surface area (Å²) < 4.78 is 7.21. The van der Waals surface area contributed by atoms with Crippen molar-refractivity contribution >= 4 is 23.4 Å². The second-order valence-electron chi connectivity index (χ2n) is 8.33. The largest absolute Gasteiger partial charge is 0.444 e. The van der Waals surface area contributed by atoms with Gasteiger partial charge < -0.3 is 4.74 Å². The molecule has 1 amide bonds. The first kappa shape index (κ1) is 22.4. The highest BCUT2D eigenvalue weighted by molar-refractivity contribution is 6.32. The Morgan fingerprint density at radius 1 is 1.19 bits per heavy atom. The van der Waals surface area contributed by atoms with E-state index >= 15 is 0 Å². The van der Waals surface area contributed by atoms with E-state index < -0.39 is 11.7 Å². The molecule has 1 aromatic heterocycles. The number of nitrogens with one attached hydrogen (secondary N) is 1. The third-order valence-corrected chi connectivity index (χ3v) is 5.00. The number of aromatic nitrogens is 2. The van der Waals surface area contributed by atoms with E-state index in [1.54, 1.807) is 12.1 Å². The van der Waals surface area contributed by atoms with Crippen LogP contribution in [-0.4, -0.2) is 21.5 Å². The van der Waals surface area contributed by atoms with E-state index in [4.69, 9.17) is 21.6 Å². The SMILES string of the molecule is Cc1nn(Cc2ccc(NC(=O)OC(C)(C)C)cc2)c(C)c1-c1ccc(C#N)c(Cl)c1. The standard InChI is InChI=1S/C24H25ClN4O2/c1-15-22(18-8-9-19(13-26)21(25)12-18)16(2)29(28-15)14-17-6-10-20(11-7-17)27-23(30)31-24(3,4)5/h6-12H,14H2,1-5H3,(H,27,30). The summed E-state index contributed by atoms with van der Waals surface area (Å²) in [5.74, 6) is 0. The molecule has 0 aliphatic carbocycles. The van der Waals surface area contributed by atoms with Crippen LogP contribution in [0.25, 0.3) is 11.1 Å². The van der Waals surface area contributed by atoms with Gasteiger partial charge in [0.05, 0.1) is 22.8 Å². The minimum absolute atomic E-state index is 0.430. The Morgan fingerprint density at radius 2 is 1.87 bits per heavy atom. The van der Waals surface area contributed by atoms with Gasteiger partial charge in [-0.15, -0.1) is 0 Å². The summed E-state index contributed by atoms with van der Waals surface area (Å²) >= 11 is 6.22. The van der Waals surface area contributed by atoms with Crippen molar-refractivity contribution in [3.05, 3.63) is 70.0 Å². The number of nitrogens with zero attached hydrogens (tertiary/aromatic N) is 3. The molecule has 0 fully saturated rings. The van der Waals surface area contributed by atoms with Gasteiger partial charge in [0.1, 0.15) is 11.7 Å². The van der Waals surface area contributed by atoms with E-state index in [-0.39, 0.29) is 0 Å². The van der Waals surface area contributed by atoms with Crippen molar-refractivity contribution in [1.82, 2.24) is 9.78 Å². The second-order valence-corrected chi connectivity index (χ2v) is 8.74. The van der Waals surface area contributed by atoms with E-state index in [0.717, 1.165) is 28.1 Å². The number of rotatable bonds is 4. The van der Waals surface area contributed by atoms with Crippen molar-refractivity contribution in [2.24, 2.45) is 0 Å². The Balaban J connectivity index is 1.77. The van der Waals surface area contributed by atoms with Crippen LogP contribution < -0.4 is 5.32 Å². The van der Waals surface area contributed by atoms with Crippen molar-refractivity contribution in [3.63, 3.8) is 0 Å². The molecule has 6 nitrogen and oxygen atoms in total. The fourth-order valence-corrected chi connectivity index (χ4v) is 3.54. The Kier molecular flexibility index (Phi) is 6.37. The molecule has 2 aromatic carbocycles. The maximum Gasteiger partial charge on any atom is 0.412 e. The van der Waals surface area contributed by atoms with E-state index in [2.05, 4.69) is 16.5 Å². The minimum Gasteiger partial charge on any atom is -0.444 e. The molecule has 160 valence electrons. The van der Waals surface area contributed by atoms with Crippen molar-refractivity contribution in [2.75, 3.05) is 5.32 Å². The van der Waals surface area contributed by atoms with Crippen LogP contribution in [0, 0.1) is 25.2 Å². The number of halogens is 1. The van der Waals surface area contributed by atoms with Crippen LogP contribution in [0.3, 0.4) is 0 Å². The van der Waals surface area contributed by atoms with Gasteiger partial charge >= 0.3 is 6.09 Å². The zero-order chi connectivity index (χ0) is 22.8. The summed E-state index contributed by atoms with van der Waals surface area (Å²) in [5.41, 5.74) is 5.46. The van der Waals surface area contributed by atoms with Crippen LogP contribution in [-0.2, 0) is 11.3 Å². The number of amides is 1. The Bertz CT molecular complexity index is 1150. The molecule has 0 radical (unpaired) electrons. The second kappa shape index (κ2) is 8.83. The summed E-state index contributed by atoms with van der Waals surface area (Å²) in [7, 11) is 0. The molecule has 0 unspecified atom stereocenters. The summed E-state index contributed by atoms with van der Waals surface area (Å²) in [6.07, 6.45) is -0.482. The summed E-state index contributed by atoms with van der Waals surface area (Å²) in [6.45, 7) is 10.0. The van der Waals surface area contributed by atoms with Crippen molar-refractivity contribution < 1.29 is 9.53 Å². The first-order valence-electron chi connectivity index (χ1n) is 9.90. The van der Waals surface area contributed by atoms with Gasteiger partial charge in [0.25, 0.3) is 0 Å². The number of hydrogen-bond donors (Lipinski definition) is 1. The van der Waals surface area contributed by atoms with Gasteiger partial charge in [0.2, 0.25) is 0 Å². The molecule has 0 aliphatic rings. The zero-order valence-corrected chi connectivity index (χ0v) is 19.0. The Hall–Kier alpha value is -3.30. The molecule has 0 aliphatic heterocycles. The molecule has 7 heteroatoms. The van der Waals surface area contributed by atoms with E-state index in [0.29, 0.717) is 22.8 Å². The average Bonchev–Trinajstić information content (AvgIpc) is 2.95. The lowest BCUT2D eigenvalue weighted by molar-refractivity contribution is 0.0636. The van der Waals surface area contributed by atoms with Gasteiger partial charge in [-0.1, -0.05) is 29.8 Å². The number of hydrogen-bond acceptors (Lipinski definition) is 4. The maximum absolute atomic E-state index is 11.9. The fourth-order valence-electron chi connectivity index (χ4n) is 3.32. The van der Waals surface area contributed by atoms with Gasteiger partial charge in [-0.2, -0.15) is 10.4 Å². The lowest BCUT2D eigenvalue weighted by atomic mass is 10.0. The van der Waals surface area contributed by atoms with Crippen LogP contribution in [0.1, 0.15) is 43.3 Å². The highest BCUT2D eigenvalue weighted by Crippen LogP contribution is 2.30. The molecule has 0 spiro atoms. The number of nitriles is 1. The molecule has 0 saturated carbocycles. The number of ether oxygens (including phenoxy) is 1. The number of anilines is 1. The highest BCUT2D eigenvalue weighted by atomic mass is 35.5. The molecule has 31 heavy (non-hydrogen) atoms. The van der Waals surface area contributed by atoms with Crippen molar-refractivity contribution in [2.45, 2.75) is 46.8 Å². The molecule has 0 atom stereocenters. The topological polar surface area (TPSA) is 79.9 Å². The predicted octanol–water partition coefficient (Wildman–Crippen LogP) is 6.09. The van der Waals surface area contributed by atoms with E-state index in [1.807, 2.05) is 69.6 Å². The summed E-state index contributed by atoms with van der Waals surface area (Å²) in [5, 5.41) is 16.9. The van der Waals surface area contributed by atoms with Crippen LogP contribution in [0.15, 0.2) is 42.5 Å². The highest BCUT2D eigenvalue weighted by Gasteiger charge is 2.17. The van der Waals surface area contributed by atoms with E-state index in [9.17, 15) is 4.79 Å². The minimum atomic E-state index is -0.545. The molecular weight excluding hydrogens is 412 g/mol. The molecular formula is C24H25ClN4O2. The van der Waals surface area contributed by atoms with Crippen LogP contribution in [0.5, 0.6) is 0 Å². The summed E-state index contributed by atoms with van der Waals surface area (Å²) in [4.78, 5) is 11.9. The predicted molar refractivity (Wildman–Crippen MR) is 122 cm³/mol. The third-order valence-electron chi connectivity index (χ3n) is 4.69. The quantitative estimate of drug-likeness (QED) is 0.536. The van der Waals surface area contributed by atoms with Gasteiger partial charge in [-0.05, 0) is 70.0 Å². The van der Waals surface area contributed by atoms with Gasteiger partial charge in [-0.3, -0.25) is 10.00 Å². The van der Waals surface area contributed by atoms with Gasteiger partial charge in [0.15, 0.2) is 0 Å². The Labute approximate surface area is 187 Å². The number of carbonyl (C=O) groups excluding carboxylic acids is 1. The molecule has 1 N–H and O–H groups in total. The monoisotopic (exact) mass is 436 g/mol. The van der Waals surface area contributed by atoms with E-state index in [1.165, 1.54) is 0 Å². The lowest BCUT2D eigenvalue weighted by Crippen LogP contribution is -2.27. The normalized spacial score (nSPS) is 11.1. The van der Waals surface area contributed by atoms with Crippen LogP contribution in [0.4, 0.5) is 10.5 Å². The summed E-state index contributed by atoms with van der Waals surface area (Å²) in [6, 6.07) is 15.1. The molecule has 1 heterocycles. The van der Waals surface area contributed by atoms with Crippen molar-refractivity contribution in [1.29, 1.82) is 5.26 Å². The first-order chi connectivity index (χ1) is 14.6. The molecule has 3 rings (SSSR count). The third kappa shape index (κ3) is 5.44. The number of carbonyl (C=O) groups is 1. The maximum atomic E-state index is 11.9. The average molecular weight is 437 g/mol.